The van der Waals surface area contributed by atoms with Gasteiger partial charge in [-0.15, -0.1) is 0 Å². The van der Waals surface area contributed by atoms with E-state index < -0.39 is 11.5 Å². The minimum atomic E-state index is -0.478. The van der Waals surface area contributed by atoms with E-state index in [1.165, 1.54) is 0 Å². The average Bonchev–Trinajstić information content (AvgIpc) is 2.51. The molecule has 0 aliphatic heterocycles. The van der Waals surface area contributed by atoms with Crippen LogP contribution in [-0.2, 0) is 11.2 Å². The SMILES string of the molecule is Cc1ccnc(NC(=O)Cc2c(O)c3ccccc3[nH]c2=O)c1. The van der Waals surface area contributed by atoms with Crippen LogP contribution in [-0.4, -0.2) is 21.0 Å². The zero-order valence-electron chi connectivity index (χ0n) is 12.5. The number of benzene rings is 1. The van der Waals surface area contributed by atoms with Crippen molar-refractivity contribution in [2.24, 2.45) is 0 Å². The van der Waals surface area contributed by atoms with Crippen molar-refractivity contribution in [2.75, 3.05) is 5.32 Å². The number of pyridine rings is 2. The molecule has 23 heavy (non-hydrogen) atoms. The van der Waals surface area contributed by atoms with Crippen molar-refractivity contribution in [1.29, 1.82) is 0 Å². The van der Waals surface area contributed by atoms with Gasteiger partial charge in [0.25, 0.3) is 5.56 Å². The average molecular weight is 309 g/mol. The van der Waals surface area contributed by atoms with Gasteiger partial charge < -0.3 is 15.4 Å². The second kappa shape index (κ2) is 5.92. The number of hydrogen-bond donors (Lipinski definition) is 3. The van der Waals surface area contributed by atoms with E-state index in [0.29, 0.717) is 16.7 Å². The molecule has 0 spiro atoms. The van der Waals surface area contributed by atoms with Gasteiger partial charge in [-0.1, -0.05) is 12.1 Å². The molecule has 1 amide bonds. The molecule has 1 aromatic carbocycles. The number of nitrogens with zero attached hydrogens (tertiary/aromatic N) is 1. The monoisotopic (exact) mass is 309 g/mol. The van der Waals surface area contributed by atoms with Gasteiger partial charge in [-0.3, -0.25) is 9.59 Å². The smallest absolute Gasteiger partial charge is 0.255 e. The van der Waals surface area contributed by atoms with Crippen molar-refractivity contribution in [3.8, 4) is 5.75 Å². The minimum Gasteiger partial charge on any atom is -0.507 e. The molecule has 2 heterocycles. The van der Waals surface area contributed by atoms with Crippen molar-refractivity contribution in [2.45, 2.75) is 13.3 Å². The lowest BCUT2D eigenvalue weighted by atomic mass is 10.1. The van der Waals surface area contributed by atoms with Crippen LogP contribution in [0.2, 0.25) is 0 Å². The van der Waals surface area contributed by atoms with E-state index >= 15 is 0 Å². The zero-order valence-corrected chi connectivity index (χ0v) is 12.5. The topological polar surface area (TPSA) is 95.1 Å². The molecule has 3 aromatic rings. The van der Waals surface area contributed by atoms with E-state index in [9.17, 15) is 14.7 Å². The van der Waals surface area contributed by atoms with Gasteiger partial charge in [0.2, 0.25) is 5.91 Å². The summed E-state index contributed by atoms with van der Waals surface area (Å²) >= 11 is 0. The Morgan fingerprint density at radius 2 is 2.09 bits per heavy atom. The van der Waals surface area contributed by atoms with Crippen LogP contribution in [0.4, 0.5) is 5.82 Å². The molecule has 0 radical (unpaired) electrons. The summed E-state index contributed by atoms with van der Waals surface area (Å²) in [5.74, 6) is -0.178. The highest BCUT2D eigenvalue weighted by Crippen LogP contribution is 2.24. The number of fused-ring (bicyclic) bond motifs is 1. The van der Waals surface area contributed by atoms with Crippen molar-refractivity contribution in [1.82, 2.24) is 9.97 Å². The van der Waals surface area contributed by atoms with Gasteiger partial charge in [-0.05, 0) is 36.8 Å². The third-order valence-corrected chi connectivity index (χ3v) is 3.51. The van der Waals surface area contributed by atoms with Gasteiger partial charge in [0.05, 0.1) is 17.5 Å². The number of aromatic nitrogens is 2. The molecular weight excluding hydrogens is 294 g/mol. The molecule has 0 atom stereocenters. The quantitative estimate of drug-likeness (QED) is 0.690. The number of hydrogen-bond acceptors (Lipinski definition) is 4. The lowest BCUT2D eigenvalue weighted by Crippen LogP contribution is -2.21. The third kappa shape index (κ3) is 3.06. The summed E-state index contributed by atoms with van der Waals surface area (Å²) in [6, 6.07) is 10.4. The number of H-pyrrole nitrogens is 1. The molecule has 0 fully saturated rings. The highest BCUT2D eigenvalue weighted by molar-refractivity contribution is 5.93. The first-order valence-corrected chi connectivity index (χ1v) is 7.10. The van der Waals surface area contributed by atoms with Gasteiger partial charge in [0.15, 0.2) is 0 Å². The lowest BCUT2D eigenvalue weighted by molar-refractivity contribution is -0.115. The molecule has 0 aliphatic carbocycles. The summed E-state index contributed by atoms with van der Waals surface area (Å²) < 4.78 is 0. The third-order valence-electron chi connectivity index (χ3n) is 3.51. The highest BCUT2D eigenvalue weighted by atomic mass is 16.3. The summed E-state index contributed by atoms with van der Waals surface area (Å²) in [5.41, 5.74) is 1.05. The van der Waals surface area contributed by atoms with E-state index in [-0.39, 0.29) is 17.7 Å². The van der Waals surface area contributed by atoms with Gasteiger partial charge in [-0.25, -0.2) is 4.98 Å². The standard InChI is InChI=1S/C17H15N3O3/c1-10-6-7-18-14(8-10)20-15(21)9-12-16(22)11-4-2-3-5-13(11)19-17(12)23/h2-8H,9H2,1H3,(H,18,20,21)(H2,19,22,23). The molecule has 0 saturated carbocycles. The van der Waals surface area contributed by atoms with E-state index in [0.717, 1.165) is 5.56 Å². The van der Waals surface area contributed by atoms with Crippen molar-refractivity contribution in [3.05, 3.63) is 64.1 Å². The Kier molecular flexibility index (Phi) is 3.80. The molecule has 3 rings (SSSR count). The highest BCUT2D eigenvalue weighted by Gasteiger charge is 2.15. The minimum absolute atomic E-state index is 0.0360. The molecule has 116 valence electrons. The van der Waals surface area contributed by atoms with E-state index in [1.807, 2.05) is 13.0 Å². The largest absolute Gasteiger partial charge is 0.507 e. The number of nitrogens with one attached hydrogen (secondary N) is 2. The maximum Gasteiger partial charge on any atom is 0.255 e. The fourth-order valence-electron chi connectivity index (χ4n) is 2.38. The Bertz CT molecular complexity index is 947. The van der Waals surface area contributed by atoms with Crippen molar-refractivity contribution < 1.29 is 9.90 Å². The predicted molar refractivity (Wildman–Crippen MR) is 87.5 cm³/mol. The zero-order chi connectivity index (χ0) is 16.4. The van der Waals surface area contributed by atoms with E-state index in [2.05, 4.69) is 15.3 Å². The van der Waals surface area contributed by atoms with Crippen LogP contribution in [0.5, 0.6) is 5.75 Å². The molecular formula is C17H15N3O3. The first-order valence-electron chi connectivity index (χ1n) is 7.10. The molecule has 0 unspecified atom stereocenters. The number of aromatic amines is 1. The summed E-state index contributed by atoms with van der Waals surface area (Å²) in [6.07, 6.45) is 1.35. The van der Waals surface area contributed by atoms with Crippen LogP contribution in [0.1, 0.15) is 11.1 Å². The van der Waals surface area contributed by atoms with Crippen LogP contribution >= 0.6 is 0 Å². The van der Waals surface area contributed by atoms with Crippen LogP contribution in [0.15, 0.2) is 47.4 Å². The molecule has 0 aliphatic rings. The van der Waals surface area contributed by atoms with Crippen LogP contribution in [0.25, 0.3) is 10.9 Å². The van der Waals surface area contributed by atoms with Crippen LogP contribution in [0, 0.1) is 6.92 Å². The molecule has 6 nitrogen and oxygen atoms in total. The molecule has 2 aromatic heterocycles. The Balaban J connectivity index is 1.89. The van der Waals surface area contributed by atoms with E-state index in [4.69, 9.17) is 0 Å². The number of aromatic hydroxyl groups is 1. The van der Waals surface area contributed by atoms with Crippen LogP contribution < -0.4 is 10.9 Å². The maximum absolute atomic E-state index is 12.1. The number of amides is 1. The number of anilines is 1. The molecule has 0 saturated heterocycles. The fraction of sp³-hybridized carbons (Fsp3) is 0.118. The van der Waals surface area contributed by atoms with Gasteiger partial charge in [0.1, 0.15) is 11.6 Å². The normalized spacial score (nSPS) is 10.7. The summed E-state index contributed by atoms with van der Waals surface area (Å²) in [5, 5.41) is 13.4. The first-order chi connectivity index (χ1) is 11.0. The number of carbonyl (C=O) groups is 1. The Labute approximate surface area is 131 Å². The second-order valence-corrected chi connectivity index (χ2v) is 5.27. The molecule has 6 heteroatoms. The van der Waals surface area contributed by atoms with Crippen molar-refractivity contribution in [3.63, 3.8) is 0 Å². The summed E-state index contributed by atoms with van der Waals surface area (Å²) in [4.78, 5) is 30.9. The number of rotatable bonds is 3. The Morgan fingerprint density at radius 3 is 2.87 bits per heavy atom. The molecule has 0 bridgehead atoms. The number of carbonyl (C=O) groups excluding carboxylic acids is 1. The maximum atomic E-state index is 12.1. The van der Waals surface area contributed by atoms with Crippen LogP contribution in [0.3, 0.4) is 0 Å². The van der Waals surface area contributed by atoms with Crippen molar-refractivity contribution >= 4 is 22.6 Å². The summed E-state index contributed by atoms with van der Waals surface area (Å²) in [7, 11) is 0. The number of para-hydroxylation sites is 1. The van der Waals surface area contributed by atoms with Gasteiger partial charge >= 0.3 is 0 Å². The first kappa shape index (κ1) is 14.8. The molecule has 3 N–H and O–H groups in total. The second-order valence-electron chi connectivity index (χ2n) is 5.27. The summed E-state index contributed by atoms with van der Waals surface area (Å²) in [6.45, 7) is 1.89. The van der Waals surface area contributed by atoms with E-state index in [1.54, 1.807) is 36.5 Å². The number of aryl methyl sites for hydroxylation is 1. The predicted octanol–water partition coefficient (Wildman–Crippen LogP) is 2.12. The fourth-order valence-corrected chi connectivity index (χ4v) is 2.38. The van der Waals surface area contributed by atoms with Gasteiger partial charge in [0, 0.05) is 11.6 Å². The lowest BCUT2D eigenvalue weighted by Gasteiger charge is -2.08. The van der Waals surface area contributed by atoms with Gasteiger partial charge in [-0.2, -0.15) is 0 Å². The Morgan fingerprint density at radius 1 is 1.30 bits per heavy atom. The Hall–Kier alpha value is -3.15.